The molecule has 0 saturated carbocycles. The molecule has 1 N–H and O–H groups in total. The summed E-state index contributed by atoms with van der Waals surface area (Å²) in [6.45, 7) is 3.38. The number of pyridine rings is 1. The third-order valence-electron chi connectivity index (χ3n) is 3.88. The summed E-state index contributed by atoms with van der Waals surface area (Å²) in [7, 11) is 0. The van der Waals surface area contributed by atoms with Crippen LogP contribution < -0.4 is 4.90 Å². The molecule has 0 spiro atoms. The lowest BCUT2D eigenvalue weighted by Gasteiger charge is -2.31. The van der Waals surface area contributed by atoms with Crippen molar-refractivity contribution in [3.8, 4) is 0 Å². The molecule has 0 amide bonds. The SMILES string of the molecule is Cc1nc(N2CCC(c3ncn[nH]3)CC2)ccc1[N+](=O)[O-]. The van der Waals surface area contributed by atoms with Gasteiger partial charge in [-0.1, -0.05) is 0 Å². The maximum Gasteiger partial charge on any atom is 0.290 e. The molecule has 0 aromatic carbocycles. The number of H-pyrrole nitrogens is 1. The Hall–Kier alpha value is -2.51. The smallest absolute Gasteiger partial charge is 0.290 e. The normalized spacial score (nSPS) is 16.1. The Kier molecular flexibility index (Phi) is 3.51. The van der Waals surface area contributed by atoms with E-state index in [1.807, 2.05) is 0 Å². The summed E-state index contributed by atoms with van der Waals surface area (Å²) in [5.41, 5.74) is 0.519. The molecular weight excluding hydrogens is 272 g/mol. The number of piperidine rings is 1. The second-order valence-electron chi connectivity index (χ2n) is 5.16. The van der Waals surface area contributed by atoms with Gasteiger partial charge < -0.3 is 4.90 Å². The van der Waals surface area contributed by atoms with E-state index in [-0.39, 0.29) is 5.69 Å². The standard InChI is InChI=1S/C13H16N6O2/c1-9-11(19(20)21)2-3-12(16-9)18-6-4-10(5-7-18)13-14-8-15-17-13/h2-3,8,10H,4-7H2,1H3,(H,14,15,17). The highest BCUT2D eigenvalue weighted by molar-refractivity contribution is 5.47. The zero-order valence-corrected chi connectivity index (χ0v) is 11.7. The van der Waals surface area contributed by atoms with E-state index in [1.165, 1.54) is 12.4 Å². The van der Waals surface area contributed by atoms with Gasteiger partial charge in [-0.3, -0.25) is 15.2 Å². The van der Waals surface area contributed by atoms with Crippen LogP contribution in [0.4, 0.5) is 11.5 Å². The average Bonchev–Trinajstić information content (AvgIpc) is 3.01. The molecule has 110 valence electrons. The van der Waals surface area contributed by atoms with Gasteiger partial charge in [-0.05, 0) is 25.8 Å². The Morgan fingerprint density at radius 1 is 1.38 bits per heavy atom. The molecule has 1 saturated heterocycles. The van der Waals surface area contributed by atoms with Crippen LogP contribution in [0.3, 0.4) is 0 Å². The van der Waals surface area contributed by atoms with Gasteiger partial charge in [0.2, 0.25) is 0 Å². The average molecular weight is 288 g/mol. The number of rotatable bonds is 3. The Labute approximate surface area is 121 Å². The van der Waals surface area contributed by atoms with E-state index < -0.39 is 4.92 Å². The first-order chi connectivity index (χ1) is 10.1. The number of hydrogen-bond acceptors (Lipinski definition) is 6. The fourth-order valence-corrected chi connectivity index (χ4v) is 2.70. The van der Waals surface area contributed by atoms with E-state index in [0.717, 1.165) is 37.6 Å². The molecule has 1 aliphatic heterocycles. The number of anilines is 1. The molecule has 0 atom stereocenters. The van der Waals surface area contributed by atoms with Gasteiger partial charge in [0.15, 0.2) is 0 Å². The van der Waals surface area contributed by atoms with Gasteiger partial charge in [0.25, 0.3) is 5.69 Å². The minimum Gasteiger partial charge on any atom is -0.357 e. The number of nitrogens with one attached hydrogen (secondary N) is 1. The molecule has 3 heterocycles. The van der Waals surface area contributed by atoms with Crippen LogP contribution in [0.5, 0.6) is 0 Å². The molecule has 2 aromatic rings. The summed E-state index contributed by atoms with van der Waals surface area (Å²) in [6, 6.07) is 3.25. The van der Waals surface area contributed by atoms with Crippen molar-refractivity contribution in [2.24, 2.45) is 0 Å². The summed E-state index contributed by atoms with van der Waals surface area (Å²) < 4.78 is 0. The number of aromatic nitrogens is 4. The van der Waals surface area contributed by atoms with Gasteiger partial charge in [-0.25, -0.2) is 9.97 Å². The third kappa shape index (κ3) is 2.69. The minimum atomic E-state index is -0.401. The summed E-state index contributed by atoms with van der Waals surface area (Å²) >= 11 is 0. The van der Waals surface area contributed by atoms with Gasteiger partial charge in [0.1, 0.15) is 23.7 Å². The Morgan fingerprint density at radius 3 is 2.71 bits per heavy atom. The first-order valence-corrected chi connectivity index (χ1v) is 6.87. The van der Waals surface area contributed by atoms with Gasteiger partial charge in [0.05, 0.1) is 4.92 Å². The zero-order valence-electron chi connectivity index (χ0n) is 11.7. The molecule has 8 heteroatoms. The molecule has 8 nitrogen and oxygen atoms in total. The Morgan fingerprint density at radius 2 is 2.14 bits per heavy atom. The van der Waals surface area contributed by atoms with Crippen LogP contribution in [0.2, 0.25) is 0 Å². The molecule has 1 aliphatic rings. The lowest BCUT2D eigenvalue weighted by molar-refractivity contribution is -0.385. The zero-order chi connectivity index (χ0) is 14.8. The van der Waals surface area contributed by atoms with Crippen molar-refractivity contribution in [2.45, 2.75) is 25.7 Å². The van der Waals surface area contributed by atoms with Crippen molar-refractivity contribution in [1.82, 2.24) is 20.2 Å². The maximum absolute atomic E-state index is 10.8. The van der Waals surface area contributed by atoms with E-state index in [9.17, 15) is 10.1 Å². The van der Waals surface area contributed by atoms with Crippen LogP contribution in [-0.2, 0) is 0 Å². The number of hydrogen-bond donors (Lipinski definition) is 1. The molecule has 0 bridgehead atoms. The van der Waals surface area contributed by atoms with E-state index in [0.29, 0.717) is 11.6 Å². The molecule has 0 unspecified atom stereocenters. The Balaban J connectivity index is 1.69. The summed E-state index contributed by atoms with van der Waals surface area (Å²) in [5.74, 6) is 2.12. The van der Waals surface area contributed by atoms with Crippen molar-refractivity contribution >= 4 is 11.5 Å². The highest BCUT2D eigenvalue weighted by Crippen LogP contribution is 2.28. The van der Waals surface area contributed by atoms with Crippen LogP contribution in [0.25, 0.3) is 0 Å². The molecular formula is C13H16N6O2. The largest absolute Gasteiger partial charge is 0.357 e. The van der Waals surface area contributed by atoms with Gasteiger partial charge in [-0.15, -0.1) is 0 Å². The van der Waals surface area contributed by atoms with Crippen molar-refractivity contribution in [2.75, 3.05) is 18.0 Å². The van der Waals surface area contributed by atoms with Crippen LogP contribution in [0, 0.1) is 17.0 Å². The molecule has 0 aliphatic carbocycles. The lowest BCUT2D eigenvalue weighted by atomic mass is 9.96. The summed E-state index contributed by atoms with van der Waals surface area (Å²) in [6.07, 6.45) is 3.46. The number of nitrogens with zero attached hydrogens (tertiary/aromatic N) is 5. The molecule has 1 fully saturated rings. The highest BCUT2D eigenvalue weighted by Gasteiger charge is 2.24. The lowest BCUT2D eigenvalue weighted by Crippen LogP contribution is -2.33. The van der Waals surface area contributed by atoms with Crippen molar-refractivity contribution in [3.05, 3.63) is 40.1 Å². The van der Waals surface area contributed by atoms with E-state index in [1.54, 1.807) is 13.0 Å². The predicted molar refractivity (Wildman–Crippen MR) is 76.2 cm³/mol. The van der Waals surface area contributed by atoms with Crippen molar-refractivity contribution < 1.29 is 4.92 Å². The summed E-state index contributed by atoms with van der Waals surface area (Å²) in [4.78, 5) is 21.1. The monoisotopic (exact) mass is 288 g/mol. The van der Waals surface area contributed by atoms with Crippen LogP contribution in [-0.4, -0.2) is 38.2 Å². The number of aromatic amines is 1. The fraction of sp³-hybridized carbons (Fsp3) is 0.462. The molecule has 0 radical (unpaired) electrons. The third-order valence-corrected chi connectivity index (χ3v) is 3.88. The maximum atomic E-state index is 10.8. The fourth-order valence-electron chi connectivity index (χ4n) is 2.70. The second kappa shape index (κ2) is 5.47. The van der Waals surface area contributed by atoms with E-state index >= 15 is 0 Å². The van der Waals surface area contributed by atoms with E-state index in [4.69, 9.17) is 0 Å². The van der Waals surface area contributed by atoms with Gasteiger partial charge in [0, 0.05) is 25.1 Å². The van der Waals surface area contributed by atoms with Crippen LogP contribution in [0.15, 0.2) is 18.5 Å². The topological polar surface area (TPSA) is 101 Å². The predicted octanol–water partition coefficient (Wildman–Crippen LogP) is 1.80. The quantitative estimate of drug-likeness (QED) is 0.682. The Bertz CT molecular complexity index is 634. The molecule has 3 rings (SSSR count). The minimum absolute atomic E-state index is 0.0651. The summed E-state index contributed by atoms with van der Waals surface area (Å²) in [5, 5.41) is 17.6. The van der Waals surface area contributed by atoms with E-state index in [2.05, 4.69) is 25.1 Å². The second-order valence-corrected chi connectivity index (χ2v) is 5.16. The molecule has 2 aromatic heterocycles. The highest BCUT2D eigenvalue weighted by atomic mass is 16.6. The van der Waals surface area contributed by atoms with Crippen LogP contribution >= 0.6 is 0 Å². The number of nitro groups is 1. The number of aryl methyl sites for hydroxylation is 1. The van der Waals surface area contributed by atoms with Crippen molar-refractivity contribution in [3.63, 3.8) is 0 Å². The molecule has 21 heavy (non-hydrogen) atoms. The van der Waals surface area contributed by atoms with Crippen LogP contribution in [0.1, 0.15) is 30.3 Å². The first-order valence-electron chi connectivity index (χ1n) is 6.87. The van der Waals surface area contributed by atoms with Gasteiger partial charge in [-0.2, -0.15) is 5.10 Å². The first kappa shape index (κ1) is 13.5. The van der Waals surface area contributed by atoms with Gasteiger partial charge >= 0.3 is 0 Å². The van der Waals surface area contributed by atoms with Crippen molar-refractivity contribution in [1.29, 1.82) is 0 Å².